The fourth-order valence-corrected chi connectivity index (χ4v) is 6.28. The van der Waals surface area contributed by atoms with Crippen LogP contribution in [0.2, 0.25) is 0 Å². The number of aromatic nitrogens is 4. The van der Waals surface area contributed by atoms with Crippen LogP contribution < -0.4 is 0 Å². The normalized spacial score (nSPS) is 14.0. The van der Waals surface area contributed by atoms with Crippen LogP contribution >= 0.6 is 0 Å². The zero-order valence-corrected chi connectivity index (χ0v) is 28.8. The van der Waals surface area contributed by atoms with Crippen molar-refractivity contribution in [3.05, 3.63) is 150 Å². The first-order chi connectivity index (χ1) is 24.9. The van der Waals surface area contributed by atoms with Crippen molar-refractivity contribution in [2.24, 2.45) is 0 Å². The predicted molar refractivity (Wildman–Crippen MR) is 191 cm³/mol. The van der Waals surface area contributed by atoms with Crippen molar-refractivity contribution in [3.8, 4) is 0 Å². The third-order valence-electron chi connectivity index (χ3n) is 8.49. The number of rotatable bonds is 12. The van der Waals surface area contributed by atoms with Gasteiger partial charge in [0, 0.05) is 49.9 Å². The highest BCUT2D eigenvalue weighted by Gasteiger charge is 2.44. The molecule has 0 N–H and O–H groups in total. The average Bonchev–Trinajstić information content (AvgIpc) is 3.80. The lowest BCUT2D eigenvalue weighted by Gasteiger charge is -2.47. The van der Waals surface area contributed by atoms with Gasteiger partial charge in [0.25, 0.3) is 0 Å². The maximum atomic E-state index is 13.2. The number of ether oxygens (including phenoxy) is 2. The van der Waals surface area contributed by atoms with Gasteiger partial charge in [0.15, 0.2) is 17.9 Å². The first kappa shape index (κ1) is 36.3. The Kier molecular flexibility index (Phi) is 12.6. The van der Waals surface area contributed by atoms with Crippen molar-refractivity contribution >= 4 is 30.1 Å². The van der Waals surface area contributed by atoms with Crippen molar-refractivity contribution in [2.45, 2.75) is 38.9 Å². The van der Waals surface area contributed by atoms with E-state index >= 15 is 0 Å². The van der Waals surface area contributed by atoms with Gasteiger partial charge in [-0.15, -0.1) is 0 Å². The molecule has 5 aromatic rings. The van der Waals surface area contributed by atoms with Crippen LogP contribution in [0.1, 0.15) is 53.4 Å². The number of carbonyl (C=O) groups excluding carboxylic acids is 4. The molecular formula is C40H41N5O6. The van der Waals surface area contributed by atoms with Gasteiger partial charge in [-0.25, -0.2) is 9.97 Å². The number of nitrogens with zero attached hydrogens (tertiary/aromatic N) is 5. The van der Waals surface area contributed by atoms with Gasteiger partial charge < -0.3 is 18.6 Å². The Morgan fingerprint density at radius 1 is 0.725 bits per heavy atom. The van der Waals surface area contributed by atoms with E-state index in [0.717, 1.165) is 16.7 Å². The third-order valence-corrected chi connectivity index (χ3v) is 8.49. The van der Waals surface area contributed by atoms with E-state index in [9.17, 15) is 19.2 Å². The minimum atomic E-state index is -0.607. The molecule has 1 aliphatic rings. The zero-order chi connectivity index (χ0) is 36.1. The van der Waals surface area contributed by atoms with E-state index in [4.69, 9.17) is 9.47 Å². The topological polar surface area (TPSA) is 126 Å². The molecule has 3 heterocycles. The van der Waals surface area contributed by atoms with Crippen LogP contribution in [-0.4, -0.2) is 74.3 Å². The summed E-state index contributed by atoms with van der Waals surface area (Å²) < 4.78 is 13.0. The van der Waals surface area contributed by atoms with Gasteiger partial charge in [0.1, 0.15) is 18.9 Å². The van der Waals surface area contributed by atoms with Crippen LogP contribution in [0.5, 0.6) is 0 Å². The Balaban J connectivity index is 0.000000328. The zero-order valence-electron chi connectivity index (χ0n) is 28.8. The second kappa shape index (κ2) is 17.6. The van der Waals surface area contributed by atoms with Gasteiger partial charge in [-0.3, -0.25) is 24.1 Å². The molecule has 1 fully saturated rings. The van der Waals surface area contributed by atoms with E-state index in [1.165, 1.54) is 10.8 Å². The van der Waals surface area contributed by atoms with Crippen molar-refractivity contribution in [3.63, 3.8) is 0 Å². The molecule has 0 amide bonds. The van der Waals surface area contributed by atoms with Gasteiger partial charge in [-0.1, -0.05) is 91.0 Å². The monoisotopic (exact) mass is 687 g/mol. The lowest BCUT2D eigenvalue weighted by atomic mass is 9.74. The van der Waals surface area contributed by atoms with E-state index < -0.39 is 5.54 Å². The number of aldehydes is 1. The molecule has 0 spiro atoms. The summed E-state index contributed by atoms with van der Waals surface area (Å²) in [7, 11) is 0. The summed E-state index contributed by atoms with van der Waals surface area (Å²) in [6.45, 7) is 5.28. The number of benzene rings is 3. The molecule has 11 nitrogen and oxygen atoms in total. The van der Waals surface area contributed by atoms with Gasteiger partial charge >= 0.3 is 11.9 Å². The minimum Gasteiger partial charge on any atom is -0.465 e. The first-order valence-corrected chi connectivity index (χ1v) is 16.8. The molecule has 0 radical (unpaired) electrons. The SMILES string of the molecule is CCOC(=O)Cn1ccnc1/C=C1\CN(C(c2ccccc2)(c2ccccc2)c2ccccc2)CCC1=O.CCOC(=O)Cn1ccnc1C=O. The van der Waals surface area contributed by atoms with E-state index in [-0.39, 0.29) is 36.6 Å². The number of carbonyl (C=O) groups is 4. The summed E-state index contributed by atoms with van der Waals surface area (Å²) in [6, 6.07) is 31.4. The van der Waals surface area contributed by atoms with Gasteiger partial charge in [0.05, 0.1) is 18.8 Å². The molecule has 0 bridgehead atoms. The Morgan fingerprint density at radius 3 is 1.63 bits per heavy atom. The average molecular weight is 688 g/mol. The van der Waals surface area contributed by atoms with Gasteiger partial charge in [-0.05, 0) is 36.6 Å². The van der Waals surface area contributed by atoms with Crippen molar-refractivity contribution < 1.29 is 28.7 Å². The van der Waals surface area contributed by atoms with Crippen LogP contribution in [0.15, 0.2) is 121 Å². The molecule has 0 unspecified atom stereocenters. The fraction of sp³-hybridized carbons (Fsp3) is 0.250. The first-order valence-electron chi connectivity index (χ1n) is 16.8. The van der Waals surface area contributed by atoms with Crippen LogP contribution in [0.4, 0.5) is 0 Å². The summed E-state index contributed by atoms with van der Waals surface area (Å²) in [6.07, 6.45) is 9.19. The highest BCUT2D eigenvalue weighted by atomic mass is 16.5. The van der Waals surface area contributed by atoms with Crippen molar-refractivity contribution in [1.29, 1.82) is 0 Å². The molecule has 1 saturated heterocycles. The van der Waals surface area contributed by atoms with Crippen molar-refractivity contribution in [1.82, 2.24) is 24.0 Å². The molecule has 3 aromatic carbocycles. The summed E-state index contributed by atoms with van der Waals surface area (Å²) in [5.74, 6) is 0.178. The maximum Gasteiger partial charge on any atom is 0.326 e. The molecule has 0 saturated carbocycles. The summed E-state index contributed by atoms with van der Waals surface area (Å²) in [5.41, 5.74) is 3.46. The smallest absolute Gasteiger partial charge is 0.326 e. The molecule has 6 rings (SSSR count). The Hall–Kier alpha value is -5.94. The minimum absolute atomic E-state index is 0.0297. The highest BCUT2D eigenvalue weighted by Crippen LogP contribution is 2.44. The number of hydrogen-bond donors (Lipinski definition) is 0. The number of piperidine rings is 1. The lowest BCUT2D eigenvalue weighted by Crippen LogP contribution is -2.52. The molecule has 0 atom stereocenters. The van der Waals surface area contributed by atoms with Crippen LogP contribution in [-0.2, 0) is 42.5 Å². The molecule has 2 aromatic heterocycles. The summed E-state index contributed by atoms with van der Waals surface area (Å²) >= 11 is 0. The van der Waals surface area contributed by atoms with Gasteiger partial charge in [0.2, 0.25) is 0 Å². The number of Topliss-reactive ketones (excluding diaryl/α,β-unsaturated/α-hetero) is 1. The van der Waals surface area contributed by atoms with Crippen LogP contribution in [0.25, 0.3) is 6.08 Å². The van der Waals surface area contributed by atoms with Crippen molar-refractivity contribution in [2.75, 3.05) is 26.3 Å². The largest absolute Gasteiger partial charge is 0.465 e. The number of imidazole rings is 2. The predicted octanol–water partition coefficient (Wildman–Crippen LogP) is 5.36. The number of likely N-dealkylation sites (tertiary alicyclic amines) is 1. The lowest BCUT2D eigenvalue weighted by molar-refractivity contribution is -0.144. The summed E-state index contributed by atoms with van der Waals surface area (Å²) in [5, 5.41) is 0. The number of ketones is 1. The quantitative estimate of drug-likeness (QED) is 0.0738. The Morgan fingerprint density at radius 2 is 1.18 bits per heavy atom. The van der Waals surface area contributed by atoms with E-state index in [1.54, 1.807) is 37.0 Å². The second-order valence-corrected chi connectivity index (χ2v) is 11.6. The molecule has 1 aliphatic heterocycles. The van der Waals surface area contributed by atoms with E-state index in [1.807, 2.05) is 24.3 Å². The fourth-order valence-electron chi connectivity index (χ4n) is 6.28. The van der Waals surface area contributed by atoms with Crippen LogP contribution in [0.3, 0.4) is 0 Å². The number of hydrogen-bond acceptors (Lipinski definition) is 9. The Labute approximate surface area is 297 Å². The van der Waals surface area contributed by atoms with E-state index in [0.29, 0.717) is 50.4 Å². The van der Waals surface area contributed by atoms with E-state index in [2.05, 4.69) is 87.7 Å². The molecule has 51 heavy (non-hydrogen) atoms. The molecule has 262 valence electrons. The standard InChI is InChI=1S/C32H31N3O3.C8H10N2O3/c1-2-38-31(37)24-34-21-19-33-30(34)22-25-23-35(20-18-29(25)36)32(26-12-6-3-7-13-26,27-14-8-4-9-15-27)28-16-10-5-11-17-28;1-2-13-8(12)5-10-4-3-9-7(10)6-11/h3-17,19,21-22H,2,18,20,23-24H2,1H3;3-4,6H,2,5H2,1H3/b25-22+;. The second-order valence-electron chi connectivity index (χ2n) is 11.6. The molecule has 11 heteroatoms. The number of esters is 2. The highest BCUT2D eigenvalue weighted by molar-refractivity contribution is 6.00. The summed E-state index contributed by atoms with van der Waals surface area (Å²) in [4.78, 5) is 57.3. The third kappa shape index (κ3) is 8.63. The molecule has 0 aliphatic carbocycles. The molecular weight excluding hydrogens is 646 g/mol. The maximum absolute atomic E-state index is 13.2. The Bertz CT molecular complexity index is 1840. The van der Waals surface area contributed by atoms with Gasteiger partial charge in [-0.2, -0.15) is 0 Å². The van der Waals surface area contributed by atoms with Crippen LogP contribution in [0, 0.1) is 0 Å².